The maximum atomic E-state index is 5.35. The van der Waals surface area contributed by atoms with Crippen molar-refractivity contribution in [3.8, 4) is 0 Å². The van der Waals surface area contributed by atoms with E-state index >= 15 is 0 Å². The molecule has 0 aromatic heterocycles. The van der Waals surface area contributed by atoms with E-state index in [2.05, 4.69) is 29.4 Å². The van der Waals surface area contributed by atoms with E-state index in [0.29, 0.717) is 5.92 Å². The summed E-state index contributed by atoms with van der Waals surface area (Å²) in [6, 6.07) is 8.51. The highest BCUT2D eigenvalue weighted by atomic mass is 16.6. The normalized spacial score (nSPS) is 29.2. The fourth-order valence-corrected chi connectivity index (χ4v) is 2.21. The number of nitrogens with zero attached hydrogens (tertiary/aromatic N) is 1. The molecule has 1 aromatic carbocycles. The molecule has 0 radical (unpaired) electrons. The zero-order chi connectivity index (χ0) is 8.67. The van der Waals surface area contributed by atoms with Gasteiger partial charge in [0.25, 0.3) is 0 Å². The summed E-state index contributed by atoms with van der Waals surface area (Å²) in [6.07, 6.45) is 4.48. The summed E-state index contributed by atoms with van der Waals surface area (Å²) < 4.78 is 0. The minimum Gasteiger partial charge on any atom is -0.387 e. The number of oxime groups is 1. The number of benzene rings is 1. The van der Waals surface area contributed by atoms with Crippen LogP contribution in [0, 0.1) is 5.92 Å². The van der Waals surface area contributed by atoms with Gasteiger partial charge in [-0.25, -0.2) is 0 Å². The number of rotatable bonds is 0. The lowest BCUT2D eigenvalue weighted by Gasteiger charge is -2.24. The third-order valence-corrected chi connectivity index (χ3v) is 2.92. The van der Waals surface area contributed by atoms with Gasteiger partial charge in [0.2, 0.25) is 0 Å². The molecule has 1 aliphatic heterocycles. The number of hydrogen-bond acceptors (Lipinski definition) is 2. The SMILES string of the molecule is C1=NOC2c3ccccc3CCC12. The van der Waals surface area contributed by atoms with Crippen molar-refractivity contribution >= 4 is 6.21 Å². The van der Waals surface area contributed by atoms with E-state index in [1.165, 1.54) is 17.5 Å². The molecule has 13 heavy (non-hydrogen) atoms. The second-order valence-electron chi connectivity index (χ2n) is 3.68. The number of hydrogen-bond donors (Lipinski definition) is 0. The first-order valence-corrected chi connectivity index (χ1v) is 4.72. The van der Waals surface area contributed by atoms with Crippen molar-refractivity contribution in [3.05, 3.63) is 35.4 Å². The summed E-state index contributed by atoms with van der Waals surface area (Å²) in [5.74, 6) is 0.509. The van der Waals surface area contributed by atoms with Crippen LogP contribution in [0.3, 0.4) is 0 Å². The molecule has 0 N–H and O–H groups in total. The molecule has 2 aliphatic rings. The summed E-state index contributed by atoms with van der Waals surface area (Å²) in [5.41, 5.74) is 2.76. The van der Waals surface area contributed by atoms with Gasteiger partial charge in [-0.2, -0.15) is 0 Å². The minimum absolute atomic E-state index is 0.199. The molecule has 1 aliphatic carbocycles. The van der Waals surface area contributed by atoms with E-state index in [-0.39, 0.29) is 6.10 Å². The molecule has 66 valence electrons. The van der Waals surface area contributed by atoms with Crippen LogP contribution in [0.15, 0.2) is 29.4 Å². The lowest BCUT2D eigenvalue weighted by molar-refractivity contribution is 0.0542. The molecule has 2 unspecified atom stereocenters. The summed E-state index contributed by atoms with van der Waals surface area (Å²) in [6.45, 7) is 0. The molecule has 0 fully saturated rings. The number of aryl methyl sites for hydroxylation is 1. The fourth-order valence-electron chi connectivity index (χ4n) is 2.21. The topological polar surface area (TPSA) is 21.6 Å². The fraction of sp³-hybridized carbons (Fsp3) is 0.364. The van der Waals surface area contributed by atoms with Crippen molar-refractivity contribution in [2.24, 2.45) is 11.1 Å². The first kappa shape index (κ1) is 7.13. The first-order valence-electron chi connectivity index (χ1n) is 4.72. The van der Waals surface area contributed by atoms with Crippen LogP contribution in [0.1, 0.15) is 23.7 Å². The van der Waals surface area contributed by atoms with Gasteiger partial charge in [-0.15, -0.1) is 0 Å². The van der Waals surface area contributed by atoms with E-state index in [0.717, 1.165) is 6.42 Å². The number of fused-ring (bicyclic) bond motifs is 3. The lowest BCUT2D eigenvalue weighted by atomic mass is 9.82. The predicted octanol–water partition coefficient (Wildman–Crippen LogP) is 2.31. The Kier molecular flexibility index (Phi) is 1.42. The summed E-state index contributed by atoms with van der Waals surface area (Å²) in [7, 11) is 0. The van der Waals surface area contributed by atoms with Crippen molar-refractivity contribution in [3.63, 3.8) is 0 Å². The maximum Gasteiger partial charge on any atom is 0.160 e. The molecule has 1 aromatic rings. The summed E-state index contributed by atoms with van der Waals surface area (Å²) in [4.78, 5) is 5.35. The van der Waals surface area contributed by atoms with Crippen LogP contribution in [-0.4, -0.2) is 6.21 Å². The Labute approximate surface area is 77.2 Å². The van der Waals surface area contributed by atoms with Crippen LogP contribution in [-0.2, 0) is 11.3 Å². The van der Waals surface area contributed by atoms with Crippen LogP contribution in [0.4, 0.5) is 0 Å². The molecule has 3 rings (SSSR count). The predicted molar refractivity (Wildman–Crippen MR) is 50.6 cm³/mol. The zero-order valence-electron chi connectivity index (χ0n) is 7.31. The van der Waals surface area contributed by atoms with E-state index in [1.54, 1.807) is 0 Å². The molecule has 0 spiro atoms. The Hall–Kier alpha value is -1.31. The first-order chi connectivity index (χ1) is 6.45. The van der Waals surface area contributed by atoms with Crippen LogP contribution in [0.25, 0.3) is 0 Å². The third kappa shape index (κ3) is 0.981. The van der Waals surface area contributed by atoms with E-state index in [4.69, 9.17) is 4.84 Å². The molecular formula is C11H11NO. The molecule has 1 heterocycles. The van der Waals surface area contributed by atoms with Crippen LogP contribution >= 0.6 is 0 Å². The van der Waals surface area contributed by atoms with Crippen molar-refractivity contribution in [1.82, 2.24) is 0 Å². The molecule has 0 saturated carbocycles. The van der Waals surface area contributed by atoms with Gasteiger partial charge < -0.3 is 4.84 Å². The third-order valence-electron chi connectivity index (χ3n) is 2.92. The highest BCUT2D eigenvalue weighted by molar-refractivity contribution is 5.64. The Morgan fingerprint density at radius 1 is 1.31 bits per heavy atom. The van der Waals surface area contributed by atoms with Gasteiger partial charge >= 0.3 is 0 Å². The largest absolute Gasteiger partial charge is 0.387 e. The second kappa shape index (κ2) is 2.59. The van der Waals surface area contributed by atoms with Crippen molar-refractivity contribution in [2.45, 2.75) is 18.9 Å². The Morgan fingerprint density at radius 2 is 2.23 bits per heavy atom. The monoisotopic (exact) mass is 173 g/mol. The zero-order valence-corrected chi connectivity index (χ0v) is 7.31. The summed E-state index contributed by atoms with van der Waals surface area (Å²) >= 11 is 0. The quantitative estimate of drug-likeness (QED) is 0.590. The average Bonchev–Trinajstić information content (AvgIpc) is 2.65. The van der Waals surface area contributed by atoms with Gasteiger partial charge in [0.05, 0.1) is 6.21 Å². The maximum absolute atomic E-state index is 5.35. The van der Waals surface area contributed by atoms with Crippen LogP contribution in [0.2, 0.25) is 0 Å². The smallest absolute Gasteiger partial charge is 0.160 e. The lowest BCUT2D eigenvalue weighted by Crippen LogP contribution is -2.18. The highest BCUT2D eigenvalue weighted by Crippen LogP contribution is 2.38. The standard InChI is InChI=1S/C11H11NO/c1-2-4-10-8(3-1)5-6-9-7-12-13-11(9)10/h1-4,7,9,11H,5-6H2. The molecule has 0 saturated heterocycles. The van der Waals surface area contributed by atoms with Gasteiger partial charge in [0.1, 0.15) is 0 Å². The van der Waals surface area contributed by atoms with E-state index in [9.17, 15) is 0 Å². The van der Waals surface area contributed by atoms with Crippen LogP contribution in [0.5, 0.6) is 0 Å². The van der Waals surface area contributed by atoms with Gasteiger partial charge in [-0.05, 0) is 24.0 Å². The van der Waals surface area contributed by atoms with Gasteiger partial charge in [-0.3, -0.25) is 0 Å². The van der Waals surface area contributed by atoms with Crippen LogP contribution < -0.4 is 0 Å². The summed E-state index contributed by atoms with van der Waals surface area (Å²) in [5, 5.41) is 3.90. The highest BCUT2D eigenvalue weighted by Gasteiger charge is 2.33. The van der Waals surface area contributed by atoms with Gasteiger partial charge in [0.15, 0.2) is 6.10 Å². The molecular weight excluding hydrogens is 162 g/mol. The molecule has 0 bridgehead atoms. The van der Waals surface area contributed by atoms with Gasteiger partial charge in [0, 0.05) is 5.92 Å². The van der Waals surface area contributed by atoms with Crippen molar-refractivity contribution in [1.29, 1.82) is 0 Å². The Bertz CT molecular complexity index is 359. The van der Waals surface area contributed by atoms with E-state index in [1.807, 2.05) is 6.21 Å². The molecule has 2 heteroatoms. The Balaban J connectivity index is 2.08. The molecule has 2 nitrogen and oxygen atoms in total. The van der Waals surface area contributed by atoms with Crippen molar-refractivity contribution in [2.75, 3.05) is 0 Å². The van der Waals surface area contributed by atoms with Gasteiger partial charge in [-0.1, -0.05) is 29.4 Å². The van der Waals surface area contributed by atoms with E-state index < -0.39 is 0 Å². The second-order valence-corrected chi connectivity index (χ2v) is 3.68. The Morgan fingerprint density at radius 3 is 3.23 bits per heavy atom. The molecule has 2 atom stereocenters. The van der Waals surface area contributed by atoms with Crippen molar-refractivity contribution < 1.29 is 4.84 Å². The minimum atomic E-state index is 0.199. The average molecular weight is 173 g/mol. The molecule has 0 amide bonds.